The van der Waals surface area contributed by atoms with Gasteiger partial charge in [-0.2, -0.15) is 0 Å². The first-order chi connectivity index (χ1) is 19.8. The van der Waals surface area contributed by atoms with Gasteiger partial charge in [0.1, 0.15) is 6.61 Å². The summed E-state index contributed by atoms with van der Waals surface area (Å²) in [6.45, 7) is 10.3. The predicted molar refractivity (Wildman–Crippen MR) is 174 cm³/mol. The van der Waals surface area contributed by atoms with Crippen LogP contribution in [0.15, 0.2) is 72.8 Å². The van der Waals surface area contributed by atoms with E-state index >= 15 is 0 Å². The zero-order chi connectivity index (χ0) is 29.1. The monoisotopic (exact) mass is 638 g/mol. The number of ether oxygens (including phenoxy) is 3. The molecule has 6 heteroatoms. The minimum atomic E-state index is -2.73. The number of hydrogen-bond acceptors (Lipinski definition) is 4. The highest BCUT2D eigenvalue weighted by atomic mass is 79.9. The lowest BCUT2D eigenvalue weighted by Crippen LogP contribution is -2.68. The van der Waals surface area contributed by atoms with Gasteiger partial charge in [-0.1, -0.05) is 128 Å². The highest BCUT2D eigenvalue weighted by Crippen LogP contribution is 2.41. The summed E-state index contributed by atoms with van der Waals surface area (Å²) in [5, 5.41) is 2.47. The largest absolute Gasteiger partial charge is 0.402 e. The normalized spacial score (nSPS) is 24.2. The van der Waals surface area contributed by atoms with E-state index in [0.29, 0.717) is 13.0 Å². The maximum Gasteiger partial charge on any atom is 0.261 e. The van der Waals surface area contributed by atoms with E-state index in [4.69, 9.17) is 18.6 Å². The van der Waals surface area contributed by atoms with Crippen LogP contribution in [0.3, 0.4) is 0 Å². The fourth-order valence-corrected chi connectivity index (χ4v) is 11.2. The van der Waals surface area contributed by atoms with Crippen LogP contribution in [-0.4, -0.2) is 51.0 Å². The number of alkyl halides is 1. The average Bonchev–Trinajstić information content (AvgIpc) is 3.39. The SMILES string of the molecule is CC/C=C/C[C@H](Br)[C@H]1C[C@@H](O[Si](c2ccccc2)(c2ccccc2)C(C)(C)C)[C@@H](CC#CCOC2CCCCO2)O1. The van der Waals surface area contributed by atoms with E-state index in [1.807, 2.05) is 0 Å². The van der Waals surface area contributed by atoms with E-state index < -0.39 is 8.32 Å². The molecule has 2 heterocycles. The molecule has 0 aromatic heterocycles. The van der Waals surface area contributed by atoms with Gasteiger partial charge in [0.25, 0.3) is 8.32 Å². The summed E-state index contributed by atoms with van der Waals surface area (Å²) in [7, 11) is -2.73. The third-order valence-corrected chi connectivity index (χ3v) is 14.1. The van der Waals surface area contributed by atoms with E-state index in [2.05, 4.69) is 128 Å². The minimum absolute atomic E-state index is 0.0541. The van der Waals surface area contributed by atoms with Crippen molar-refractivity contribution in [1.82, 2.24) is 0 Å². The molecular formula is C35H47BrO4Si. The van der Waals surface area contributed by atoms with E-state index in [0.717, 1.165) is 45.1 Å². The van der Waals surface area contributed by atoms with E-state index in [1.165, 1.54) is 10.4 Å². The average molecular weight is 640 g/mol. The van der Waals surface area contributed by atoms with Gasteiger partial charge in [0.05, 0.1) is 18.3 Å². The lowest BCUT2D eigenvalue weighted by atomic mass is 10.1. The molecule has 2 aliphatic rings. The van der Waals surface area contributed by atoms with Gasteiger partial charge in [0.15, 0.2) is 6.29 Å². The van der Waals surface area contributed by atoms with Crippen molar-refractivity contribution in [1.29, 1.82) is 0 Å². The van der Waals surface area contributed by atoms with Crippen molar-refractivity contribution in [2.75, 3.05) is 13.2 Å². The van der Waals surface area contributed by atoms with Crippen LogP contribution in [0.1, 0.15) is 72.6 Å². The molecule has 222 valence electrons. The lowest BCUT2D eigenvalue weighted by molar-refractivity contribution is -0.154. The summed E-state index contributed by atoms with van der Waals surface area (Å²) >= 11 is 3.95. The third-order valence-electron chi connectivity index (χ3n) is 8.05. The van der Waals surface area contributed by atoms with Crippen LogP contribution in [0.25, 0.3) is 0 Å². The number of hydrogen-bond donors (Lipinski definition) is 0. The van der Waals surface area contributed by atoms with Crippen LogP contribution in [-0.2, 0) is 18.6 Å². The Kier molecular flexibility index (Phi) is 12.3. The van der Waals surface area contributed by atoms with Crippen molar-refractivity contribution in [2.45, 2.75) is 107 Å². The van der Waals surface area contributed by atoms with Crippen LogP contribution in [0.2, 0.25) is 5.04 Å². The summed E-state index contributed by atoms with van der Waals surface area (Å²) in [6.07, 6.45) is 10.8. The molecule has 2 aromatic carbocycles. The molecule has 0 bridgehead atoms. The fourth-order valence-electron chi connectivity index (χ4n) is 5.95. The van der Waals surface area contributed by atoms with Crippen molar-refractivity contribution >= 4 is 34.6 Å². The molecule has 0 radical (unpaired) electrons. The van der Waals surface area contributed by atoms with E-state index in [-0.39, 0.29) is 34.5 Å². The summed E-state index contributed by atoms with van der Waals surface area (Å²) in [6, 6.07) is 21.7. The van der Waals surface area contributed by atoms with Crippen LogP contribution >= 0.6 is 15.9 Å². The van der Waals surface area contributed by atoms with E-state index in [9.17, 15) is 0 Å². The third kappa shape index (κ3) is 8.44. The number of benzene rings is 2. The van der Waals surface area contributed by atoms with Gasteiger partial charge >= 0.3 is 0 Å². The van der Waals surface area contributed by atoms with Crippen LogP contribution in [0.4, 0.5) is 0 Å². The smallest absolute Gasteiger partial charge is 0.261 e. The number of halogens is 1. The van der Waals surface area contributed by atoms with Crippen LogP contribution in [0, 0.1) is 11.8 Å². The Morgan fingerprint density at radius 3 is 2.27 bits per heavy atom. The Morgan fingerprint density at radius 2 is 1.68 bits per heavy atom. The van der Waals surface area contributed by atoms with Gasteiger partial charge in [-0.15, -0.1) is 0 Å². The molecule has 2 saturated heterocycles. The molecule has 2 aliphatic heterocycles. The summed E-state index contributed by atoms with van der Waals surface area (Å²) in [5.74, 6) is 6.59. The molecule has 2 aromatic rings. The first-order valence-electron chi connectivity index (χ1n) is 15.3. The second kappa shape index (κ2) is 15.7. The Balaban J connectivity index is 1.60. The molecule has 5 atom stereocenters. The Hall–Kier alpha value is -1.72. The van der Waals surface area contributed by atoms with E-state index in [1.54, 1.807) is 0 Å². The van der Waals surface area contributed by atoms with Crippen molar-refractivity contribution in [3.05, 3.63) is 72.8 Å². The van der Waals surface area contributed by atoms with Gasteiger partial charge in [0.2, 0.25) is 0 Å². The van der Waals surface area contributed by atoms with Gasteiger partial charge < -0.3 is 18.6 Å². The van der Waals surface area contributed by atoms with Crippen LogP contribution < -0.4 is 10.4 Å². The summed E-state index contributed by atoms with van der Waals surface area (Å²) in [5.41, 5.74) is 0. The lowest BCUT2D eigenvalue weighted by Gasteiger charge is -2.45. The maximum atomic E-state index is 7.56. The number of rotatable bonds is 11. The molecule has 4 rings (SSSR count). The van der Waals surface area contributed by atoms with Crippen LogP contribution in [0.5, 0.6) is 0 Å². The molecule has 2 fully saturated rings. The zero-order valence-electron chi connectivity index (χ0n) is 25.2. The maximum absolute atomic E-state index is 7.56. The molecular weight excluding hydrogens is 592 g/mol. The predicted octanol–water partition coefficient (Wildman–Crippen LogP) is 7.15. The van der Waals surface area contributed by atoms with Gasteiger partial charge in [0, 0.05) is 24.3 Å². The summed E-state index contributed by atoms with van der Waals surface area (Å²) < 4.78 is 25.8. The summed E-state index contributed by atoms with van der Waals surface area (Å²) in [4.78, 5) is 0.222. The molecule has 0 saturated carbocycles. The zero-order valence-corrected chi connectivity index (χ0v) is 27.8. The topological polar surface area (TPSA) is 36.9 Å². The highest BCUT2D eigenvalue weighted by molar-refractivity contribution is 9.09. The Labute approximate surface area is 257 Å². The van der Waals surface area contributed by atoms with Gasteiger partial charge in [-0.05, 0) is 47.5 Å². The molecule has 1 unspecified atom stereocenters. The standard InChI is InChI=1S/C35H47BrO4Si/c1-5-6-9-22-30(36)32-27-33(31(39-32)23-14-16-25-37-34-24-15-17-26-38-34)40-41(35(2,3)4,28-18-10-7-11-19-28)29-20-12-8-13-21-29/h6-13,18-21,30-34H,5,15,17,22-27H2,1-4H3/b9-6+/t30-,31+,32+,33+,34?/m0/s1. The molecule has 0 spiro atoms. The highest BCUT2D eigenvalue weighted by Gasteiger charge is 2.53. The van der Waals surface area contributed by atoms with Gasteiger partial charge in [-0.3, -0.25) is 0 Å². The molecule has 4 nitrogen and oxygen atoms in total. The molecule has 0 aliphatic carbocycles. The Morgan fingerprint density at radius 1 is 1.00 bits per heavy atom. The second-order valence-electron chi connectivity index (χ2n) is 12.1. The van der Waals surface area contributed by atoms with Crippen molar-refractivity contribution in [3.8, 4) is 11.8 Å². The van der Waals surface area contributed by atoms with Gasteiger partial charge in [-0.25, -0.2) is 0 Å². The van der Waals surface area contributed by atoms with Crippen molar-refractivity contribution in [3.63, 3.8) is 0 Å². The quantitative estimate of drug-likeness (QED) is 0.113. The first kappa shape index (κ1) is 32.2. The molecule has 41 heavy (non-hydrogen) atoms. The molecule has 0 amide bonds. The second-order valence-corrected chi connectivity index (χ2v) is 17.5. The Bertz CT molecular complexity index is 1090. The molecule has 0 N–H and O–H groups in total. The van der Waals surface area contributed by atoms with Crippen molar-refractivity contribution in [2.24, 2.45) is 0 Å². The fraction of sp³-hybridized carbons (Fsp3) is 0.543. The first-order valence-corrected chi connectivity index (χ1v) is 18.1. The van der Waals surface area contributed by atoms with Crippen molar-refractivity contribution < 1.29 is 18.6 Å². The number of allylic oxidation sites excluding steroid dienone is 2. The minimum Gasteiger partial charge on any atom is -0.402 e.